The number of rotatable bonds is 2. The highest BCUT2D eigenvalue weighted by Gasteiger charge is 2.30. The Kier molecular flexibility index (Phi) is 5.86. The van der Waals surface area contributed by atoms with Crippen molar-refractivity contribution >= 4 is 43.1 Å². The van der Waals surface area contributed by atoms with Gasteiger partial charge in [-0.3, -0.25) is 0 Å². The summed E-state index contributed by atoms with van der Waals surface area (Å²) in [6.45, 7) is 2.04. The van der Waals surface area contributed by atoms with Crippen molar-refractivity contribution < 1.29 is 13.2 Å². The second kappa shape index (κ2) is 9.65. The van der Waals surface area contributed by atoms with Gasteiger partial charge in [-0.05, 0) is 87.1 Å². The third kappa shape index (κ3) is 4.22. The van der Waals surface area contributed by atoms with Crippen LogP contribution in [0.15, 0.2) is 107 Å². The van der Waals surface area contributed by atoms with Gasteiger partial charge in [0.05, 0.1) is 16.3 Å². The molecular formula is C36H19F3N4. The van der Waals surface area contributed by atoms with E-state index in [-0.39, 0.29) is 0 Å². The zero-order valence-corrected chi connectivity index (χ0v) is 22.7. The first-order chi connectivity index (χ1) is 20.8. The van der Waals surface area contributed by atoms with Gasteiger partial charge in [-0.25, -0.2) is 0 Å². The number of nitriles is 2. The lowest BCUT2D eigenvalue weighted by Crippen LogP contribution is -2.04. The van der Waals surface area contributed by atoms with Gasteiger partial charge in [0.15, 0.2) is 0 Å². The predicted molar refractivity (Wildman–Crippen MR) is 162 cm³/mol. The van der Waals surface area contributed by atoms with E-state index in [2.05, 4.69) is 22.1 Å². The molecule has 7 aromatic rings. The number of aryl methyl sites for hydroxylation is 1. The van der Waals surface area contributed by atoms with Gasteiger partial charge in [0, 0.05) is 21.5 Å². The highest BCUT2D eigenvalue weighted by molar-refractivity contribution is 6.21. The summed E-state index contributed by atoms with van der Waals surface area (Å²) in [7, 11) is 0. The first-order valence-corrected chi connectivity index (χ1v) is 13.4. The molecule has 7 rings (SSSR count). The molecule has 4 nitrogen and oxygen atoms in total. The Hall–Kier alpha value is -5.79. The van der Waals surface area contributed by atoms with Crippen molar-refractivity contribution in [3.63, 3.8) is 0 Å². The van der Waals surface area contributed by atoms with Gasteiger partial charge in [0.2, 0.25) is 12.4 Å². The molecule has 0 saturated heterocycles. The van der Waals surface area contributed by atoms with Gasteiger partial charge in [0.25, 0.3) is 0 Å². The van der Waals surface area contributed by atoms with Crippen LogP contribution in [-0.4, -0.2) is 0 Å². The third-order valence-corrected chi connectivity index (χ3v) is 8.00. The Morgan fingerprint density at radius 2 is 0.977 bits per heavy atom. The molecule has 204 valence electrons. The van der Waals surface area contributed by atoms with Crippen molar-refractivity contribution in [3.05, 3.63) is 119 Å². The quantitative estimate of drug-likeness (QED) is 0.197. The van der Waals surface area contributed by atoms with Crippen LogP contribution in [0.5, 0.6) is 0 Å². The molecule has 7 heteroatoms. The smallest absolute Gasteiger partial charge is 0.172 e. The van der Waals surface area contributed by atoms with Crippen molar-refractivity contribution in [2.45, 2.75) is 13.1 Å². The molecule has 7 aromatic carbocycles. The number of benzene rings is 5. The van der Waals surface area contributed by atoms with Gasteiger partial charge in [-0.1, -0.05) is 66.2 Å². The highest BCUT2D eigenvalue weighted by atomic mass is 19.4. The van der Waals surface area contributed by atoms with Crippen molar-refractivity contribution in [2.75, 3.05) is 0 Å². The lowest BCUT2D eigenvalue weighted by molar-refractivity contribution is -0.137. The van der Waals surface area contributed by atoms with Crippen LogP contribution in [-0.2, 0) is 6.18 Å². The average molecular weight is 565 g/mol. The number of alkyl halides is 3. The Balaban J connectivity index is 1.51. The van der Waals surface area contributed by atoms with Gasteiger partial charge in [-0.15, -0.1) is 0 Å². The molecular weight excluding hydrogens is 545 g/mol. The first kappa shape index (κ1) is 26.1. The Morgan fingerprint density at radius 3 is 1.49 bits per heavy atom. The lowest BCUT2D eigenvalue weighted by atomic mass is 10.00. The number of hydrogen-bond donors (Lipinski definition) is 0. The Labute approximate surface area is 243 Å². The lowest BCUT2D eigenvalue weighted by Gasteiger charge is -2.09. The Bertz CT molecular complexity index is 2480. The molecule has 0 aliphatic heterocycles. The molecule has 0 aliphatic carbocycles. The summed E-state index contributed by atoms with van der Waals surface area (Å²) >= 11 is 0. The van der Waals surface area contributed by atoms with Crippen LogP contribution in [0, 0.1) is 29.8 Å². The van der Waals surface area contributed by atoms with Crippen LogP contribution < -0.4 is 10.7 Å². The van der Waals surface area contributed by atoms with E-state index in [0.717, 1.165) is 61.1 Å². The summed E-state index contributed by atoms with van der Waals surface area (Å²) in [5.74, 6) is 0. The zero-order chi connectivity index (χ0) is 29.9. The largest absolute Gasteiger partial charge is 0.416 e. The summed E-state index contributed by atoms with van der Waals surface area (Å²) < 4.78 is 40.2. The molecule has 0 saturated carbocycles. The van der Waals surface area contributed by atoms with E-state index in [1.54, 1.807) is 18.2 Å². The molecule has 0 atom stereocenters. The van der Waals surface area contributed by atoms with Crippen molar-refractivity contribution in [1.29, 1.82) is 10.5 Å². The summed E-state index contributed by atoms with van der Waals surface area (Å²) in [6.07, 6.45) is -0.627. The molecule has 0 aliphatic rings. The van der Waals surface area contributed by atoms with E-state index in [1.165, 1.54) is 6.07 Å². The molecule has 0 aromatic heterocycles. The fourth-order valence-electron chi connectivity index (χ4n) is 6.08. The van der Waals surface area contributed by atoms with Crippen LogP contribution >= 0.6 is 0 Å². The molecule has 0 amide bonds. The van der Waals surface area contributed by atoms with Crippen LogP contribution in [0.3, 0.4) is 0 Å². The summed E-state index contributed by atoms with van der Waals surface area (Å²) in [5.41, 5.74) is 3.47. The maximum atomic E-state index is 13.4. The number of halogens is 3. The summed E-state index contributed by atoms with van der Waals surface area (Å²) in [5, 5.41) is 26.7. The predicted octanol–water partition coefficient (Wildman–Crippen LogP) is 8.60. The van der Waals surface area contributed by atoms with Crippen LogP contribution in [0.25, 0.3) is 65.3 Å². The monoisotopic (exact) mass is 564 g/mol. The molecule has 0 spiro atoms. The van der Waals surface area contributed by atoms with E-state index < -0.39 is 11.7 Å². The summed E-state index contributed by atoms with van der Waals surface area (Å²) in [6, 6.07) is 28.9. The van der Waals surface area contributed by atoms with Gasteiger partial charge in [-0.2, -0.15) is 33.7 Å². The van der Waals surface area contributed by atoms with Gasteiger partial charge in [0.1, 0.15) is 0 Å². The molecule has 43 heavy (non-hydrogen) atoms. The number of fused-ring (bicyclic) bond motifs is 6. The first-order valence-electron chi connectivity index (χ1n) is 13.4. The minimum atomic E-state index is -4.46. The standard InChI is InChI=1S/C36H19F3N4/c1-20-4-2-5-21(12-20)23-8-10-26-28-16-29-27-11-9-24(22-6-3-7-25(13-22)36(37,38)39)15-31(27)35(43-19-41)33(29)17-32(28)34(42-18-40)30(26)14-23/h2-17H,1H3. The minimum Gasteiger partial charge on any atom is -0.172 e. The van der Waals surface area contributed by atoms with Gasteiger partial charge < -0.3 is 0 Å². The number of hydrogen-bond acceptors (Lipinski definition) is 4. The molecule has 0 heterocycles. The minimum absolute atomic E-state index is 0.411. The molecule has 0 fully saturated rings. The van der Waals surface area contributed by atoms with Crippen molar-refractivity contribution in [1.82, 2.24) is 0 Å². The second-order valence-electron chi connectivity index (χ2n) is 10.5. The third-order valence-electron chi connectivity index (χ3n) is 8.00. The fraction of sp³-hybridized carbons (Fsp3) is 0.0556. The average Bonchev–Trinajstić information content (AvgIpc) is 3.47. The van der Waals surface area contributed by atoms with Crippen molar-refractivity contribution in [2.24, 2.45) is 9.98 Å². The molecule has 0 radical (unpaired) electrons. The van der Waals surface area contributed by atoms with E-state index in [0.29, 0.717) is 32.6 Å². The summed E-state index contributed by atoms with van der Waals surface area (Å²) in [4.78, 5) is 8.35. The number of nitrogens with zero attached hydrogens (tertiary/aromatic N) is 4. The Morgan fingerprint density at radius 1 is 0.512 bits per heavy atom. The maximum absolute atomic E-state index is 13.4. The van der Waals surface area contributed by atoms with E-state index in [9.17, 15) is 23.7 Å². The molecule has 0 N–H and O–H groups in total. The second-order valence-corrected chi connectivity index (χ2v) is 10.5. The van der Waals surface area contributed by atoms with Gasteiger partial charge >= 0.3 is 6.18 Å². The fourth-order valence-corrected chi connectivity index (χ4v) is 6.08. The maximum Gasteiger partial charge on any atom is 0.416 e. The zero-order valence-electron chi connectivity index (χ0n) is 22.7. The van der Waals surface area contributed by atoms with Crippen LogP contribution in [0.1, 0.15) is 11.1 Å². The van der Waals surface area contributed by atoms with Crippen molar-refractivity contribution in [3.8, 4) is 34.6 Å². The van der Waals surface area contributed by atoms with Crippen LogP contribution in [0.4, 0.5) is 13.2 Å². The van der Waals surface area contributed by atoms with E-state index >= 15 is 0 Å². The normalized spacial score (nSPS) is 12.9. The van der Waals surface area contributed by atoms with E-state index in [4.69, 9.17) is 0 Å². The topological polar surface area (TPSA) is 72.3 Å². The molecule has 0 unspecified atom stereocenters. The SMILES string of the molecule is Cc1cccc(-c2ccc3c(c2)c(=NC#N)c2cc4c(=NC#N)c5cc(-c6cccc(C(F)(F)F)c6)ccc5c4cc23)c1. The highest BCUT2D eigenvalue weighted by Crippen LogP contribution is 2.37. The van der Waals surface area contributed by atoms with Crippen LogP contribution in [0.2, 0.25) is 0 Å². The van der Waals surface area contributed by atoms with E-state index in [1.807, 2.05) is 67.8 Å². The molecule has 0 bridgehead atoms.